The molecule has 0 unspecified atom stereocenters. The molecule has 1 atom stereocenters. The smallest absolute Gasteiger partial charge is 0.261 e. The number of likely N-dealkylation sites (N-methyl/N-ethyl adjacent to an activating group) is 1. The van der Waals surface area contributed by atoms with Crippen LogP contribution in [0.4, 0.5) is 5.69 Å². The number of likely N-dealkylation sites (tertiary alicyclic amines) is 1. The van der Waals surface area contributed by atoms with Gasteiger partial charge in [0.15, 0.2) is 0 Å². The molecular formula is C32H42N6O4. The lowest BCUT2D eigenvalue weighted by Gasteiger charge is -2.33. The molecule has 3 heterocycles. The van der Waals surface area contributed by atoms with Gasteiger partial charge in [-0.3, -0.25) is 19.0 Å². The van der Waals surface area contributed by atoms with Gasteiger partial charge in [0.25, 0.3) is 5.56 Å². The van der Waals surface area contributed by atoms with Crippen molar-refractivity contribution in [3.05, 3.63) is 70.8 Å². The first-order valence-corrected chi connectivity index (χ1v) is 15.0. The number of fused-ring (bicyclic) bond motifs is 1. The summed E-state index contributed by atoms with van der Waals surface area (Å²) in [6.07, 6.45) is 3.93. The van der Waals surface area contributed by atoms with E-state index in [0.29, 0.717) is 42.6 Å². The fraction of sp³-hybridized carbons (Fsp3) is 0.500. The Morgan fingerprint density at radius 3 is 2.48 bits per heavy atom. The van der Waals surface area contributed by atoms with Gasteiger partial charge in [-0.05, 0) is 49.6 Å². The number of benzene rings is 2. The number of anilines is 1. The van der Waals surface area contributed by atoms with Crippen LogP contribution in [0.5, 0.6) is 0 Å². The Bertz CT molecular complexity index is 1410. The predicted molar refractivity (Wildman–Crippen MR) is 163 cm³/mol. The molecule has 0 spiro atoms. The maximum absolute atomic E-state index is 13.2. The standard InChI is InChI=1S/C32H42N6O4/c1-35-15-17-36(18-16-35)12-11-30(40)34-27-7-8-28-29(20-27)33-23-38(32(28)42)21-24-9-13-37(14-10-24)31(41)19-26(22-39)25-5-3-2-4-6-25/h2-8,20,23-24,26,39H,9-19,21-22H2,1H3,(H,34,40)/t26-/m1/s1. The Kier molecular flexibility index (Phi) is 9.99. The summed E-state index contributed by atoms with van der Waals surface area (Å²) in [5.74, 6) is 0.0868. The third-order valence-electron chi connectivity index (χ3n) is 8.69. The number of piperazine rings is 1. The van der Waals surface area contributed by atoms with Gasteiger partial charge in [-0.2, -0.15) is 0 Å². The molecule has 0 radical (unpaired) electrons. The Morgan fingerprint density at radius 2 is 1.76 bits per heavy atom. The summed E-state index contributed by atoms with van der Waals surface area (Å²) in [6, 6.07) is 14.9. The summed E-state index contributed by atoms with van der Waals surface area (Å²) in [7, 11) is 2.11. The largest absolute Gasteiger partial charge is 0.396 e. The zero-order valence-corrected chi connectivity index (χ0v) is 24.5. The van der Waals surface area contributed by atoms with Gasteiger partial charge in [0.05, 0.1) is 23.8 Å². The monoisotopic (exact) mass is 574 g/mol. The van der Waals surface area contributed by atoms with Gasteiger partial charge in [-0.25, -0.2) is 4.98 Å². The minimum atomic E-state index is -0.199. The van der Waals surface area contributed by atoms with Crippen LogP contribution < -0.4 is 10.9 Å². The minimum absolute atomic E-state index is 0.0432. The molecule has 2 N–H and O–H groups in total. The summed E-state index contributed by atoms with van der Waals surface area (Å²) in [5.41, 5.74) is 2.08. The first kappa shape index (κ1) is 29.9. The second kappa shape index (κ2) is 14.0. The number of carbonyl (C=O) groups excluding carboxylic acids is 2. The Balaban J connectivity index is 1.11. The number of amides is 2. The van der Waals surface area contributed by atoms with Crippen LogP contribution in [0.15, 0.2) is 59.7 Å². The Morgan fingerprint density at radius 1 is 1.02 bits per heavy atom. The molecule has 0 bridgehead atoms. The van der Waals surface area contributed by atoms with E-state index in [4.69, 9.17) is 0 Å². The molecule has 2 fully saturated rings. The van der Waals surface area contributed by atoms with Gasteiger partial charge in [0.1, 0.15) is 0 Å². The molecule has 2 amide bonds. The number of rotatable bonds is 10. The molecule has 10 nitrogen and oxygen atoms in total. The van der Waals surface area contributed by atoms with E-state index in [1.807, 2.05) is 35.2 Å². The van der Waals surface area contributed by atoms with Gasteiger partial charge >= 0.3 is 0 Å². The molecule has 2 aliphatic heterocycles. The number of nitrogens with one attached hydrogen (secondary N) is 1. The van der Waals surface area contributed by atoms with E-state index in [1.165, 1.54) is 0 Å². The zero-order valence-electron chi connectivity index (χ0n) is 24.5. The predicted octanol–water partition coefficient (Wildman–Crippen LogP) is 2.38. The van der Waals surface area contributed by atoms with Gasteiger partial charge in [0, 0.05) is 76.8 Å². The summed E-state index contributed by atoms with van der Waals surface area (Å²) in [5, 5.41) is 13.3. The van der Waals surface area contributed by atoms with Crippen LogP contribution in [0.2, 0.25) is 0 Å². The fourth-order valence-corrected chi connectivity index (χ4v) is 5.92. The van der Waals surface area contributed by atoms with Crippen molar-refractivity contribution in [3.8, 4) is 0 Å². The summed E-state index contributed by atoms with van der Waals surface area (Å²) in [6.45, 7) is 6.52. The number of carbonyl (C=O) groups is 2. The molecule has 2 aromatic carbocycles. The highest BCUT2D eigenvalue weighted by Gasteiger charge is 2.26. The Labute approximate surface area is 246 Å². The van der Waals surface area contributed by atoms with Crippen molar-refractivity contribution in [3.63, 3.8) is 0 Å². The van der Waals surface area contributed by atoms with Crippen LogP contribution in [0, 0.1) is 5.92 Å². The molecule has 3 aromatic rings. The van der Waals surface area contributed by atoms with E-state index in [1.54, 1.807) is 29.1 Å². The third kappa shape index (κ3) is 7.61. The maximum Gasteiger partial charge on any atom is 0.261 e. The normalized spacial score (nSPS) is 17.8. The van der Waals surface area contributed by atoms with Crippen molar-refractivity contribution in [1.82, 2.24) is 24.3 Å². The molecular weight excluding hydrogens is 532 g/mol. The highest BCUT2D eigenvalue weighted by atomic mass is 16.3. The van der Waals surface area contributed by atoms with E-state index < -0.39 is 0 Å². The number of hydrogen-bond donors (Lipinski definition) is 2. The molecule has 5 rings (SSSR count). The number of aromatic nitrogens is 2. The molecule has 2 aliphatic rings. The quantitative estimate of drug-likeness (QED) is 0.383. The minimum Gasteiger partial charge on any atom is -0.396 e. The number of nitrogens with zero attached hydrogens (tertiary/aromatic N) is 5. The van der Waals surface area contributed by atoms with Crippen molar-refractivity contribution in [1.29, 1.82) is 0 Å². The molecule has 1 aromatic heterocycles. The van der Waals surface area contributed by atoms with E-state index >= 15 is 0 Å². The van der Waals surface area contributed by atoms with Gasteiger partial charge in [-0.15, -0.1) is 0 Å². The van der Waals surface area contributed by atoms with Crippen molar-refractivity contribution in [2.75, 3.05) is 64.8 Å². The first-order chi connectivity index (χ1) is 20.4. The highest BCUT2D eigenvalue weighted by molar-refractivity contribution is 5.93. The van der Waals surface area contributed by atoms with Crippen LogP contribution in [-0.2, 0) is 16.1 Å². The summed E-state index contributed by atoms with van der Waals surface area (Å²) < 4.78 is 1.66. The summed E-state index contributed by atoms with van der Waals surface area (Å²) in [4.78, 5) is 49.7. The number of aliphatic hydroxyl groups is 1. The Hall–Kier alpha value is -3.60. The molecule has 10 heteroatoms. The zero-order chi connectivity index (χ0) is 29.5. The molecule has 0 aliphatic carbocycles. The summed E-state index contributed by atoms with van der Waals surface area (Å²) >= 11 is 0. The SMILES string of the molecule is CN1CCN(CCC(=O)Nc2ccc3c(=O)n(CC4CCN(C(=O)C[C@H](CO)c5ccccc5)CC4)cnc3c2)CC1. The van der Waals surface area contributed by atoms with Crippen LogP contribution in [-0.4, -0.2) is 101 Å². The number of hydrogen-bond acceptors (Lipinski definition) is 7. The van der Waals surface area contributed by atoms with Crippen LogP contribution in [0.25, 0.3) is 10.9 Å². The van der Waals surface area contributed by atoms with Crippen molar-refractivity contribution in [2.45, 2.75) is 38.1 Å². The molecule has 0 saturated carbocycles. The lowest BCUT2D eigenvalue weighted by Crippen LogP contribution is -2.45. The van der Waals surface area contributed by atoms with E-state index in [-0.39, 0.29) is 42.2 Å². The lowest BCUT2D eigenvalue weighted by molar-refractivity contribution is -0.133. The molecule has 42 heavy (non-hydrogen) atoms. The average Bonchev–Trinajstić information content (AvgIpc) is 3.01. The van der Waals surface area contributed by atoms with Crippen LogP contribution in [0.1, 0.15) is 37.2 Å². The lowest BCUT2D eigenvalue weighted by atomic mass is 9.93. The van der Waals surface area contributed by atoms with Crippen LogP contribution in [0.3, 0.4) is 0 Å². The second-order valence-electron chi connectivity index (χ2n) is 11.7. The van der Waals surface area contributed by atoms with E-state index in [2.05, 4.69) is 27.1 Å². The van der Waals surface area contributed by atoms with Crippen LogP contribution >= 0.6 is 0 Å². The van der Waals surface area contributed by atoms with E-state index in [9.17, 15) is 19.5 Å². The van der Waals surface area contributed by atoms with Crippen molar-refractivity contribution < 1.29 is 14.7 Å². The van der Waals surface area contributed by atoms with E-state index in [0.717, 1.165) is 51.1 Å². The fourth-order valence-electron chi connectivity index (χ4n) is 5.92. The highest BCUT2D eigenvalue weighted by Crippen LogP contribution is 2.24. The molecule has 2 saturated heterocycles. The van der Waals surface area contributed by atoms with Crippen molar-refractivity contribution >= 4 is 28.4 Å². The van der Waals surface area contributed by atoms with Crippen molar-refractivity contribution in [2.24, 2.45) is 5.92 Å². The van der Waals surface area contributed by atoms with Gasteiger partial charge in [0.2, 0.25) is 11.8 Å². The van der Waals surface area contributed by atoms with Gasteiger partial charge < -0.3 is 25.1 Å². The second-order valence-corrected chi connectivity index (χ2v) is 11.7. The third-order valence-corrected chi connectivity index (χ3v) is 8.69. The first-order valence-electron chi connectivity index (χ1n) is 15.0. The number of aliphatic hydroxyl groups excluding tert-OH is 1. The number of piperidine rings is 1. The average molecular weight is 575 g/mol. The molecule has 224 valence electrons. The topological polar surface area (TPSA) is 111 Å². The van der Waals surface area contributed by atoms with Gasteiger partial charge in [-0.1, -0.05) is 30.3 Å². The maximum atomic E-state index is 13.2.